The molecule has 0 fully saturated rings. The molecule has 8 heteroatoms. The summed E-state index contributed by atoms with van der Waals surface area (Å²) in [5.41, 5.74) is 6.53. The highest BCUT2D eigenvalue weighted by atomic mass is 16.5. The quantitative estimate of drug-likeness (QED) is 0.697. The molecule has 0 aromatic heterocycles. The van der Waals surface area contributed by atoms with Crippen molar-refractivity contribution in [3.05, 3.63) is 23.3 Å². The lowest BCUT2D eigenvalue weighted by Gasteiger charge is -2.33. The van der Waals surface area contributed by atoms with Gasteiger partial charge in [-0.15, -0.1) is 0 Å². The number of aliphatic hydroxyl groups excluding tert-OH is 1. The van der Waals surface area contributed by atoms with Crippen LogP contribution in [-0.2, 0) is 11.3 Å². The highest BCUT2D eigenvalue weighted by Crippen LogP contribution is 2.39. The largest absolute Gasteiger partial charge is 0.496 e. The maximum atomic E-state index is 11.4. The Bertz CT molecular complexity index is 620. The number of imide groups is 1. The minimum Gasteiger partial charge on any atom is -0.496 e. The van der Waals surface area contributed by atoms with E-state index in [1.807, 2.05) is 16.3 Å². The third-order valence-corrected chi connectivity index (χ3v) is 4.00. The van der Waals surface area contributed by atoms with Gasteiger partial charge in [0.2, 0.25) is 5.91 Å². The van der Waals surface area contributed by atoms with E-state index in [2.05, 4.69) is 0 Å². The number of nitrogens with zero attached hydrogens (tertiary/aromatic N) is 1. The molecule has 0 saturated heterocycles. The molecule has 0 aliphatic carbocycles. The molecular formula is C16H23N3O5. The van der Waals surface area contributed by atoms with Crippen LogP contribution < -0.4 is 20.5 Å². The molecule has 2 rings (SSSR count). The number of primary amides is 1. The first-order chi connectivity index (χ1) is 11.5. The Hall–Kier alpha value is -2.32. The van der Waals surface area contributed by atoms with Crippen LogP contribution in [-0.4, -0.2) is 49.3 Å². The number of ether oxygens (including phenoxy) is 2. The van der Waals surface area contributed by atoms with Crippen LogP contribution in [0.1, 0.15) is 30.1 Å². The lowest BCUT2D eigenvalue weighted by atomic mass is 9.95. The van der Waals surface area contributed by atoms with Crippen molar-refractivity contribution in [3.63, 3.8) is 0 Å². The number of nitrogens with two attached hydrogens (primary N) is 1. The van der Waals surface area contributed by atoms with Gasteiger partial charge in [0.25, 0.3) is 0 Å². The van der Waals surface area contributed by atoms with E-state index in [0.717, 1.165) is 11.1 Å². The van der Waals surface area contributed by atoms with E-state index in [0.29, 0.717) is 37.6 Å². The van der Waals surface area contributed by atoms with Gasteiger partial charge in [-0.3, -0.25) is 15.0 Å². The molecule has 1 aliphatic rings. The third kappa shape index (κ3) is 4.15. The average Bonchev–Trinajstić information content (AvgIpc) is 2.53. The Morgan fingerprint density at radius 3 is 2.62 bits per heavy atom. The number of hydrogen-bond donors (Lipinski definition) is 3. The number of carbonyl (C=O) groups excluding carboxylic acids is 2. The first-order valence-electron chi connectivity index (χ1n) is 7.69. The van der Waals surface area contributed by atoms with E-state index in [4.69, 9.17) is 15.2 Å². The molecule has 0 spiro atoms. The normalized spacial score (nSPS) is 17.0. The van der Waals surface area contributed by atoms with Gasteiger partial charge in [0.15, 0.2) is 0 Å². The lowest BCUT2D eigenvalue weighted by molar-refractivity contribution is -0.120. The van der Waals surface area contributed by atoms with E-state index < -0.39 is 18.0 Å². The average molecular weight is 337 g/mol. The number of aliphatic hydroxyl groups is 1. The van der Waals surface area contributed by atoms with Gasteiger partial charge < -0.3 is 20.3 Å². The summed E-state index contributed by atoms with van der Waals surface area (Å²) in [6.45, 7) is 1.63. The van der Waals surface area contributed by atoms with Crippen LogP contribution >= 0.6 is 0 Å². The van der Waals surface area contributed by atoms with Gasteiger partial charge in [-0.1, -0.05) is 0 Å². The monoisotopic (exact) mass is 337 g/mol. The van der Waals surface area contributed by atoms with Crippen LogP contribution in [0.2, 0.25) is 0 Å². The van der Waals surface area contributed by atoms with Gasteiger partial charge in [0, 0.05) is 30.6 Å². The fourth-order valence-electron chi connectivity index (χ4n) is 2.98. The first kappa shape index (κ1) is 18.0. The highest BCUT2D eigenvalue weighted by molar-refractivity contribution is 5.93. The summed E-state index contributed by atoms with van der Waals surface area (Å²) in [5, 5.41) is 12.5. The van der Waals surface area contributed by atoms with Gasteiger partial charge in [-0.2, -0.15) is 0 Å². The Kier molecular flexibility index (Phi) is 5.99. The van der Waals surface area contributed by atoms with Crippen molar-refractivity contribution in [2.75, 3.05) is 27.3 Å². The number of β-amino-alcohol motifs (C(OH)–C–C–N with tert-alkyl or cyclic N) is 1. The number of fused-ring (bicyclic) bond motifs is 1. The van der Waals surface area contributed by atoms with Crippen LogP contribution in [0.4, 0.5) is 4.79 Å². The molecule has 1 aliphatic heterocycles. The van der Waals surface area contributed by atoms with E-state index >= 15 is 0 Å². The molecule has 3 amide bonds. The van der Waals surface area contributed by atoms with Crippen LogP contribution in [0.15, 0.2) is 12.1 Å². The van der Waals surface area contributed by atoms with Crippen molar-refractivity contribution >= 4 is 11.9 Å². The van der Waals surface area contributed by atoms with E-state index in [-0.39, 0.29) is 6.42 Å². The van der Waals surface area contributed by atoms with Crippen molar-refractivity contribution in [1.29, 1.82) is 0 Å². The first-order valence-corrected chi connectivity index (χ1v) is 7.69. The predicted molar refractivity (Wildman–Crippen MR) is 86.7 cm³/mol. The van der Waals surface area contributed by atoms with Gasteiger partial charge in [0.1, 0.15) is 11.5 Å². The number of amides is 3. The van der Waals surface area contributed by atoms with Crippen LogP contribution in [0, 0.1) is 0 Å². The van der Waals surface area contributed by atoms with Gasteiger partial charge in [-0.25, -0.2) is 4.79 Å². The second kappa shape index (κ2) is 7.98. The van der Waals surface area contributed by atoms with Crippen molar-refractivity contribution in [3.8, 4) is 11.5 Å². The fourth-order valence-corrected chi connectivity index (χ4v) is 2.98. The predicted octanol–water partition coefficient (Wildman–Crippen LogP) is 0.528. The third-order valence-electron chi connectivity index (χ3n) is 4.00. The van der Waals surface area contributed by atoms with Crippen LogP contribution in [0.3, 0.4) is 0 Å². The standard InChI is InChI=1S/C16H23N3O5/c1-23-12-5-6-13(24-2)15-10(12)8-19(9-11(15)20)7-3-4-14(21)18-16(17)22/h5-6,11,20H,3-4,7-9H2,1-2H3,(H3,17,18,21,22)/t11-/m0/s1. The van der Waals surface area contributed by atoms with Crippen molar-refractivity contribution in [2.45, 2.75) is 25.5 Å². The molecule has 1 atom stereocenters. The maximum absolute atomic E-state index is 11.4. The van der Waals surface area contributed by atoms with Crippen molar-refractivity contribution in [1.82, 2.24) is 10.2 Å². The number of urea groups is 1. The summed E-state index contributed by atoms with van der Waals surface area (Å²) in [7, 11) is 3.15. The number of benzene rings is 1. The zero-order valence-corrected chi connectivity index (χ0v) is 13.9. The zero-order valence-electron chi connectivity index (χ0n) is 13.9. The van der Waals surface area contributed by atoms with Crippen LogP contribution in [0.5, 0.6) is 11.5 Å². The summed E-state index contributed by atoms with van der Waals surface area (Å²) in [6.07, 6.45) is 0.0451. The summed E-state index contributed by atoms with van der Waals surface area (Å²) in [5.74, 6) is 0.930. The van der Waals surface area contributed by atoms with Gasteiger partial charge in [0.05, 0.1) is 20.3 Å². The molecule has 0 saturated carbocycles. The Balaban J connectivity index is 2.03. The summed E-state index contributed by atoms with van der Waals surface area (Å²) >= 11 is 0. The van der Waals surface area contributed by atoms with Gasteiger partial charge >= 0.3 is 6.03 Å². The minimum atomic E-state index is -0.848. The van der Waals surface area contributed by atoms with Gasteiger partial charge in [-0.05, 0) is 25.1 Å². The summed E-state index contributed by atoms with van der Waals surface area (Å²) in [6, 6.07) is 2.75. The molecule has 24 heavy (non-hydrogen) atoms. The fraction of sp³-hybridized carbons (Fsp3) is 0.500. The summed E-state index contributed by atoms with van der Waals surface area (Å²) < 4.78 is 10.7. The number of hydrogen-bond acceptors (Lipinski definition) is 6. The number of nitrogens with one attached hydrogen (secondary N) is 1. The highest BCUT2D eigenvalue weighted by Gasteiger charge is 2.29. The molecule has 132 valence electrons. The Labute approximate surface area is 140 Å². The van der Waals surface area contributed by atoms with Crippen molar-refractivity contribution < 1.29 is 24.2 Å². The second-order valence-electron chi connectivity index (χ2n) is 5.63. The zero-order chi connectivity index (χ0) is 17.7. The molecule has 0 unspecified atom stereocenters. The Morgan fingerprint density at radius 2 is 2.00 bits per heavy atom. The number of methoxy groups -OCH3 is 2. The molecule has 0 radical (unpaired) electrons. The van der Waals surface area contributed by atoms with E-state index in [1.165, 1.54) is 0 Å². The molecule has 4 N–H and O–H groups in total. The summed E-state index contributed by atoms with van der Waals surface area (Å²) in [4.78, 5) is 24.1. The minimum absolute atomic E-state index is 0.192. The SMILES string of the molecule is COc1ccc(OC)c2c1CN(CCCC(=O)NC(N)=O)C[C@@H]2O. The molecule has 1 aromatic rings. The molecule has 1 aromatic carbocycles. The smallest absolute Gasteiger partial charge is 0.318 e. The number of rotatable bonds is 6. The van der Waals surface area contributed by atoms with Crippen LogP contribution in [0.25, 0.3) is 0 Å². The van der Waals surface area contributed by atoms with E-state index in [1.54, 1.807) is 20.3 Å². The molecular weight excluding hydrogens is 314 g/mol. The second-order valence-corrected chi connectivity index (χ2v) is 5.63. The van der Waals surface area contributed by atoms with Crippen molar-refractivity contribution in [2.24, 2.45) is 5.73 Å². The Morgan fingerprint density at radius 1 is 1.33 bits per heavy atom. The van der Waals surface area contributed by atoms with E-state index in [9.17, 15) is 14.7 Å². The topological polar surface area (TPSA) is 114 Å². The number of carbonyl (C=O) groups is 2. The lowest BCUT2D eigenvalue weighted by Crippen LogP contribution is -2.37. The molecule has 8 nitrogen and oxygen atoms in total. The molecule has 1 heterocycles. The maximum Gasteiger partial charge on any atom is 0.318 e. The molecule has 0 bridgehead atoms.